The van der Waals surface area contributed by atoms with Crippen LogP contribution in [0.25, 0.3) is 11.4 Å². The molecule has 8 heteroatoms. The summed E-state index contributed by atoms with van der Waals surface area (Å²) in [6.07, 6.45) is 0.823. The van der Waals surface area contributed by atoms with Crippen LogP contribution in [0.4, 0.5) is 0 Å². The highest BCUT2D eigenvalue weighted by Crippen LogP contribution is 2.32. The minimum Gasteiger partial charge on any atom is -0.353 e. The SMILES string of the molecule is CC[C@@H](C)NC(=O)CSc1nc(-c2ccc(C)cc2)[nH]c1S(=O)(=O)c1ccccc1. The van der Waals surface area contributed by atoms with Crippen molar-refractivity contribution in [3.05, 3.63) is 60.2 Å². The number of aromatic amines is 1. The van der Waals surface area contributed by atoms with Crippen molar-refractivity contribution < 1.29 is 13.2 Å². The van der Waals surface area contributed by atoms with Crippen LogP contribution in [0.3, 0.4) is 0 Å². The number of hydrogen-bond donors (Lipinski definition) is 2. The maximum atomic E-state index is 13.2. The zero-order valence-corrected chi connectivity index (χ0v) is 18.8. The predicted molar refractivity (Wildman–Crippen MR) is 119 cm³/mol. The van der Waals surface area contributed by atoms with E-state index < -0.39 is 9.84 Å². The average Bonchev–Trinajstić information content (AvgIpc) is 3.18. The number of thioether (sulfide) groups is 1. The van der Waals surface area contributed by atoms with Gasteiger partial charge in [0.15, 0.2) is 5.03 Å². The van der Waals surface area contributed by atoms with E-state index in [4.69, 9.17) is 0 Å². The van der Waals surface area contributed by atoms with Crippen molar-refractivity contribution in [3.8, 4) is 11.4 Å². The Morgan fingerprint density at radius 1 is 1.13 bits per heavy atom. The van der Waals surface area contributed by atoms with Gasteiger partial charge in [0.1, 0.15) is 10.9 Å². The molecule has 1 amide bonds. The maximum Gasteiger partial charge on any atom is 0.230 e. The highest BCUT2D eigenvalue weighted by Gasteiger charge is 2.26. The molecule has 3 rings (SSSR count). The van der Waals surface area contributed by atoms with Gasteiger partial charge in [-0.2, -0.15) is 0 Å². The van der Waals surface area contributed by atoms with E-state index in [2.05, 4.69) is 15.3 Å². The first-order chi connectivity index (χ1) is 14.3. The number of aryl methyl sites for hydroxylation is 1. The molecule has 0 fully saturated rings. The summed E-state index contributed by atoms with van der Waals surface area (Å²) in [4.78, 5) is 19.9. The van der Waals surface area contributed by atoms with Crippen molar-refractivity contribution in [2.24, 2.45) is 0 Å². The summed E-state index contributed by atoms with van der Waals surface area (Å²) in [6, 6.07) is 15.9. The molecular weight excluding hydrogens is 418 g/mol. The molecule has 30 heavy (non-hydrogen) atoms. The highest BCUT2D eigenvalue weighted by molar-refractivity contribution is 8.00. The molecule has 0 saturated carbocycles. The second-order valence-corrected chi connectivity index (χ2v) is 9.92. The van der Waals surface area contributed by atoms with Crippen LogP contribution in [0.5, 0.6) is 0 Å². The van der Waals surface area contributed by atoms with E-state index in [1.165, 1.54) is 0 Å². The number of carbonyl (C=O) groups excluding carboxylic acids is 1. The molecular formula is C22H25N3O3S2. The van der Waals surface area contributed by atoms with E-state index in [0.717, 1.165) is 29.3 Å². The van der Waals surface area contributed by atoms with Crippen LogP contribution in [-0.2, 0) is 14.6 Å². The second-order valence-electron chi connectivity index (χ2n) is 7.07. The minimum absolute atomic E-state index is 0.00520. The molecule has 0 bridgehead atoms. The lowest BCUT2D eigenvalue weighted by Gasteiger charge is -2.10. The Hall–Kier alpha value is -2.58. The van der Waals surface area contributed by atoms with Crippen LogP contribution in [0.2, 0.25) is 0 Å². The van der Waals surface area contributed by atoms with E-state index in [-0.39, 0.29) is 32.6 Å². The van der Waals surface area contributed by atoms with E-state index in [1.807, 2.05) is 45.0 Å². The quantitative estimate of drug-likeness (QED) is 0.509. The van der Waals surface area contributed by atoms with Crippen LogP contribution in [0.1, 0.15) is 25.8 Å². The lowest BCUT2D eigenvalue weighted by atomic mass is 10.1. The van der Waals surface area contributed by atoms with Gasteiger partial charge in [-0.25, -0.2) is 13.4 Å². The van der Waals surface area contributed by atoms with Crippen LogP contribution >= 0.6 is 11.8 Å². The first-order valence-electron chi connectivity index (χ1n) is 9.70. The zero-order valence-electron chi connectivity index (χ0n) is 17.2. The number of amides is 1. The number of carbonyl (C=O) groups is 1. The van der Waals surface area contributed by atoms with Crippen molar-refractivity contribution in [2.75, 3.05) is 5.75 Å². The first kappa shape index (κ1) is 22.1. The molecule has 6 nitrogen and oxygen atoms in total. The Labute approximate surface area is 181 Å². The van der Waals surface area contributed by atoms with Gasteiger partial charge in [0, 0.05) is 11.6 Å². The monoisotopic (exact) mass is 443 g/mol. The Morgan fingerprint density at radius 3 is 2.43 bits per heavy atom. The lowest BCUT2D eigenvalue weighted by Crippen LogP contribution is -2.33. The molecule has 158 valence electrons. The third-order valence-electron chi connectivity index (χ3n) is 4.65. The molecule has 0 aliphatic carbocycles. The molecule has 1 heterocycles. The summed E-state index contributed by atoms with van der Waals surface area (Å²) in [5, 5.41) is 3.18. The standard InChI is InChI=1S/C22H25N3O3S2/c1-4-16(3)23-19(26)14-29-21-22(30(27,28)18-8-6-5-7-9-18)25-20(24-21)17-12-10-15(2)11-13-17/h5-13,16H,4,14H2,1-3H3,(H,23,26)(H,24,25)/t16-/m1/s1. The fraction of sp³-hybridized carbons (Fsp3) is 0.273. The predicted octanol–water partition coefficient (Wildman–Crippen LogP) is 4.22. The molecule has 0 aliphatic rings. The van der Waals surface area contributed by atoms with E-state index in [0.29, 0.717) is 5.82 Å². The van der Waals surface area contributed by atoms with Crippen LogP contribution in [0, 0.1) is 6.92 Å². The second kappa shape index (κ2) is 9.49. The number of H-pyrrole nitrogens is 1. The van der Waals surface area contributed by atoms with Gasteiger partial charge in [-0.3, -0.25) is 4.79 Å². The Bertz CT molecular complexity index is 1110. The van der Waals surface area contributed by atoms with Gasteiger partial charge in [-0.15, -0.1) is 0 Å². The van der Waals surface area contributed by atoms with E-state index in [1.54, 1.807) is 30.3 Å². The van der Waals surface area contributed by atoms with Crippen molar-refractivity contribution in [1.82, 2.24) is 15.3 Å². The van der Waals surface area contributed by atoms with Gasteiger partial charge < -0.3 is 10.3 Å². The molecule has 0 saturated heterocycles. The molecule has 2 N–H and O–H groups in total. The molecule has 3 aromatic rings. The molecule has 2 aromatic carbocycles. The average molecular weight is 444 g/mol. The minimum atomic E-state index is -3.81. The molecule has 0 spiro atoms. The summed E-state index contributed by atoms with van der Waals surface area (Å²) in [5.74, 6) is 0.381. The number of imidazole rings is 1. The summed E-state index contributed by atoms with van der Waals surface area (Å²) in [5.41, 5.74) is 1.87. The Kier molecular flexibility index (Phi) is 6.99. The maximum absolute atomic E-state index is 13.2. The third-order valence-corrected chi connectivity index (χ3v) is 7.48. The van der Waals surface area contributed by atoms with Crippen LogP contribution < -0.4 is 5.32 Å². The normalized spacial score (nSPS) is 12.5. The van der Waals surface area contributed by atoms with Gasteiger partial charge in [0.2, 0.25) is 15.7 Å². The fourth-order valence-electron chi connectivity index (χ4n) is 2.74. The molecule has 0 unspecified atom stereocenters. The number of benzene rings is 2. The number of sulfone groups is 1. The van der Waals surface area contributed by atoms with Crippen molar-refractivity contribution in [1.29, 1.82) is 0 Å². The van der Waals surface area contributed by atoms with Gasteiger partial charge >= 0.3 is 0 Å². The summed E-state index contributed by atoms with van der Waals surface area (Å²) >= 11 is 1.11. The third kappa shape index (κ3) is 5.12. The molecule has 0 radical (unpaired) electrons. The van der Waals surface area contributed by atoms with E-state index in [9.17, 15) is 13.2 Å². The zero-order chi connectivity index (χ0) is 21.7. The van der Waals surface area contributed by atoms with Crippen molar-refractivity contribution >= 4 is 27.5 Å². The van der Waals surface area contributed by atoms with Crippen LogP contribution in [-0.4, -0.2) is 36.1 Å². The number of nitrogens with zero attached hydrogens (tertiary/aromatic N) is 1. The summed E-state index contributed by atoms with van der Waals surface area (Å²) in [7, 11) is -3.81. The fourth-order valence-corrected chi connectivity index (χ4v) is 5.19. The number of hydrogen-bond acceptors (Lipinski definition) is 5. The van der Waals surface area contributed by atoms with Crippen molar-refractivity contribution in [3.63, 3.8) is 0 Å². The van der Waals surface area contributed by atoms with Gasteiger partial charge in [-0.1, -0.05) is 66.7 Å². The number of aromatic nitrogens is 2. The van der Waals surface area contributed by atoms with Gasteiger partial charge in [0.05, 0.1) is 10.6 Å². The van der Waals surface area contributed by atoms with Gasteiger partial charge in [0.25, 0.3) is 0 Å². The summed E-state index contributed by atoms with van der Waals surface area (Å²) in [6.45, 7) is 5.90. The molecule has 1 atom stereocenters. The van der Waals surface area contributed by atoms with Crippen molar-refractivity contribution in [2.45, 2.75) is 48.2 Å². The van der Waals surface area contributed by atoms with Crippen LogP contribution in [0.15, 0.2) is 69.5 Å². The summed E-state index contributed by atoms with van der Waals surface area (Å²) < 4.78 is 26.5. The smallest absolute Gasteiger partial charge is 0.230 e. The molecule has 1 aromatic heterocycles. The van der Waals surface area contributed by atoms with E-state index >= 15 is 0 Å². The lowest BCUT2D eigenvalue weighted by molar-refractivity contribution is -0.119. The highest BCUT2D eigenvalue weighted by atomic mass is 32.2. The molecule has 0 aliphatic heterocycles. The first-order valence-corrected chi connectivity index (χ1v) is 12.2. The Balaban J connectivity index is 1.97. The largest absolute Gasteiger partial charge is 0.353 e. The topological polar surface area (TPSA) is 91.9 Å². The number of nitrogens with one attached hydrogen (secondary N) is 2. The van der Waals surface area contributed by atoms with Gasteiger partial charge in [-0.05, 0) is 32.4 Å². The Morgan fingerprint density at radius 2 is 1.80 bits per heavy atom. The number of rotatable bonds is 8.